The van der Waals surface area contributed by atoms with Crippen LogP contribution in [0.5, 0.6) is 5.75 Å². The van der Waals surface area contributed by atoms with E-state index in [1.807, 2.05) is 12.1 Å². The van der Waals surface area contributed by atoms with Crippen molar-refractivity contribution in [3.63, 3.8) is 0 Å². The average Bonchev–Trinajstić information content (AvgIpc) is 2.65. The van der Waals surface area contributed by atoms with E-state index in [0.29, 0.717) is 19.5 Å². The number of aromatic hydroxyl groups is 1. The Morgan fingerprint density at radius 2 is 2.00 bits per heavy atom. The van der Waals surface area contributed by atoms with Crippen molar-refractivity contribution in [3.8, 4) is 5.75 Å². The molecule has 0 unspecified atom stereocenters. The van der Waals surface area contributed by atoms with E-state index in [2.05, 4.69) is 81.1 Å². The summed E-state index contributed by atoms with van der Waals surface area (Å²) in [4.78, 5) is 14.7. The molecule has 0 aliphatic carbocycles. The number of carbonyl (C=O) groups excluding carboxylic acids is 1. The van der Waals surface area contributed by atoms with Crippen molar-refractivity contribution >= 4 is 66.8 Å². The van der Waals surface area contributed by atoms with Crippen LogP contribution in [0.25, 0.3) is 5.57 Å². The molecule has 30 heavy (non-hydrogen) atoms. The Kier molecular flexibility index (Phi) is 6.65. The minimum absolute atomic E-state index is 0.0982. The summed E-state index contributed by atoms with van der Waals surface area (Å²) in [6.45, 7) is 9.41. The lowest BCUT2D eigenvalue weighted by Crippen LogP contribution is -2.44. The van der Waals surface area contributed by atoms with Gasteiger partial charge in [-0.1, -0.05) is 33.6 Å². The third-order valence-corrected chi connectivity index (χ3v) is 6.44. The Labute approximate surface area is 198 Å². The average molecular weight is 556 g/mol. The van der Waals surface area contributed by atoms with Gasteiger partial charge in [-0.25, -0.2) is 5.43 Å². The van der Waals surface area contributed by atoms with Gasteiger partial charge in [0.05, 0.1) is 26.8 Å². The van der Waals surface area contributed by atoms with Crippen LogP contribution in [0.1, 0.15) is 49.2 Å². The Morgan fingerprint density at radius 3 is 2.67 bits per heavy atom. The summed E-state index contributed by atoms with van der Waals surface area (Å²) in [5.74, 6) is -0.685. The van der Waals surface area contributed by atoms with E-state index in [0.717, 1.165) is 17.8 Å². The van der Waals surface area contributed by atoms with Crippen LogP contribution in [-0.4, -0.2) is 29.3 Å². The largest absolute Gasteiger partial charge is 0.506 e. The number of fused-ring (bicyclic) bond motifs is 1. The number of phenolic OH excluding ortho intramolecular Hbond substituents is 1. The first-order valence-electron chi connectivity index (χ1n) is 9.37. The van der Waals surface area contributed by atoms with Gasteiger partial charge in [0.2, 0.25) is 0 Å². The second kappa shape index (κ2) is 8.73. The highest BCUT2D eigenvalue weighted by Gasteiger charge is 2.30. The molecule has 0 atom stereocenters. The molecule has 158 valence electrons. The second-order valence-corrected chi connectivity index (χ2v) is 9.78. The molecule has 0 bridgehead atoms. The molecule has 1 amide bonds. The van der Waals surface area contributed by atoms with Crippen LogP contribution >= 0.6 is 43.5 Å². The number of nitrogens with zero attached hydrogens (tertiary/aromatic N) is 2. The molecule has 1 aliphatic heterocycles. The second-order valence-electron chi connectivity index (χ2n) is 7.60. The van der Waals surface area contributed by atoms with Crippen LogP contribution in [0.3, 0.4) is 0 Å². The maximum absolute atomic E-state index is 12.4. The number of likely N-dealkylation sites (N-methyl/N-ethyl adjacent to an activating group) is 1. The van der Waals surface area contributed by atoms with Crippen LogP contribution in [0.15, 0.2) is 44.4 Å². The molecule has 0 spiro atoms. The lowest BCUT2D eigenvalue weighted by molar-refractivity contribution is 0.0952. The molecule has 3 rings (SSSR count). The highest BCUT2D eigenvalue weighted by atomic mass is 79.9. The van der Waals surface area contributed by atoms with Gasteiger partial charge in [-0.3, -0.25) is 4.79 Å². The van der Waals surface area contributed by atoms with Crippen LogP contribution in [-0.2, 0) is 0 Å². The maximum Gasteiger partial charge on any atom is 0.275 e. The lowest BCUT2D eigenvalue weighted by atomic mass is 9.88. The van der Waals surface area contributed by atoms with Crippen molar-refractivity contribution in [3.05, 3.63) is 61.0 Å². The monoisotopic (exact) mass is 553 g/mol. The van der Waals surface area contributed by atoms with Gasteiger partial charge in [-0.15, -0.1) is 0 Å². The Hall–Kier alpha value is -1.83. The third-order valence-electron chi connectivity index (χ3n) is 5.05. The minimum atomic E-state index is -0.533. The van der Waals surface area contributed by atoms with E-state index in [-0.39, 0.29) is 16.9 Å². The molecule has 1 aliphatic rings. The van der Waals surface area contributed by atoms with E-state index in [9.17, 15) is 9.90 Å². The van der Waals surface area contributed by atoms with Gasteiger partial charge in [0.25, 0.3) is 5.91 Å². The highest BCUT2D eigenvalue weighted by molar-refractivity contribution is 9.11. The summed E-state index contributed by atoms with van der Waals surface area (Å²) < 4.78 is 1.07. The van der Waals surface area contributed by atoms with E-state index in [1.54, 1.807) is 6.07 Å². The van der Waals surface area contributed by atoms with E-state index < -0.39 is 5.91 Å². The number of nitrogens with one attached hydrogen (secondary N) is 1. The van der Waals surface area contributed by atoms with Crippen molar-refractivity contribution in [2.45, 2.75) is 33.2 Å². The number of phenols is 1. The van der Waals surface area contributed by atoms with Crippen LogP contribution in [0.4, 0.5) is 5.69 Å². The number of halogens is 3. The Balaban J connectivity index is 1.87. The van der Waals surface area contributed by atoms with Crippen molar-refractivity contribution in [1.82, 2.24) is 5.43 Å². The molecule has 0 saturated carbocycles. The van der Waals surface area contributed by atoms with Gasteiger partial charge < -0.3 is 10.0 Å². The summed E-state index contributed by atoms with van der Waals surface area (Å²) in [6, 6.07) is 7.09. The zero-order valence-electron chi connectivity index (χ0n) is 17.1. The SMILES string of the molecule is CCN1c2cc(Cl)c(/C=N\NC(=O)c3cc(Br)cc(Br)c3O)cc2C(C)=CC1(C)C. The first-order valence-corrected chi connectivity index (χ1v) is 11.3. The summed E-state index contributed by atoms with van der Waals surface area (Å²) >= 11 is 13.0. The van der Waals surface area contributed by atoms with Gasteiger partial charge in [0, 0.05) is 27.8 Å². The van der Waals surface area contributed by atoms with E-state index in [1.165, 1.54) is 17.9 Å². The molecule has 0 fully saturated rings. The number of amides is 1. The highest BCUT2D eigenvalue weighted by Crippen LogP contribution is 2.41. The molecule has 8 heteroatoms. The number of rotatable bonds is 4. The maximum atomic E-state index is 12.4. The van der Waals surface area contributed by atoms with Crippen molar-refractivity contribution in [1.29, 1.82) is 0 Å². The first-order chi connectivity index (χ1) is 14.0. The van der Waals surface area contributed by atoms with E-state index >= 15 is 0 Å². The minimum Gasteiger partial charge on any atom is -0.506 e. The molecule has 1 heterocycles. The van der Waals surface area contributed by atoms with Gasteiger partial charge in [0.15, 0.2) is 0 Å². The number of allylic oxidation sites excluding steroid dienone is 1. The predicted molar refractivity (Wildman–Crippen MR) is 131 cm³/mol. The van der Waals surface area contributed by atoms with Crippen molar-refractivity contribution in [2.75, 3.05) is 11.4 Å². The third kappa shape index (κ3) is 4.43. The fourth-order valence-corrected chi connectivity index (χ4v) is 5.18. The summed E-state index contributed by atoms with van der Waals surface area (Å²) in [6.07, 6.45) is 3.75. The standard InChI is InChI=1S/C22H22Br2ClN3O2/c1-5-28-19-9-18(25)13(6-15(19)12(2)10-22(28,3)4)11-26-27-21(30)16-7-14(23)8-17(24)20(16)29/h6-11,29H,5H2,1-4H3,(H,27,30)/b26-11-. The molecule has 0 aromatic heterocycles. The lowest BCUT2D eigenvalue weighted by Gasteiger charge is -2.43. The predicted octanol–water partition coefficient (Wildman–Crippen LogP) is 6.36. The number of carbonyl (C=O) groups is 1. The van der Waals surface area contributed by atoms with Gasteiger partial charge >= 0.3 is 0 Å². The topological polar surface area (TPSA) is 64.9 Å². The van der Waals surface area contributed by atoms with Crippen LogP contribution in [0, 0.1) is 0 Å². The van der Waals surface area contributed by atoms with Crippen molar-refractivity contribution < 1.29 is 9.90 Å². The van der Waals surface area contributed by atoms with Crippen LogP contribution < -0.4 is 10.3 Å². The normalized spacial score (nSPS) is 15.2. The van der Waals surface area contributed by atoms with Crippen molar-refractivity contribution in [2.24, 2.45) is 5.10 Å². The fourth-order valence-electron chi connectivity index (χ4n) is 3.75. The van der Waals surface area contributed by atoms with Gasteiger partial charge in [-0.2, -0.15) is 5.10 Å². The zero-order chi connectivity index (χ0) is 22.2. The Morgan fingerprint density at radius 1 is 1.30 bits per heavy atom. The molecule has 2 aromatic carbocycles. The number of hydrogen-bond donors (Lipinski definition) is 2. The molecular weight excluding hydrogens is 534 g/mol. The molecule has 2 N–H and O–H groups in total. The Bertz CT molecular complexity index is 1080. The molecule has 0 radical (unpaired) electrons. The molecular formula is C22H22Br2ClN3O2. The number of hydrogen-bond acceptors (Lipinski definition) is 4. The summed E-state index contributed by atoms with van der Waals surface area (Å²) in [7, 11) is 0. The quantitative estimate of drug-likeness (QED) is 0.341. The molecule has 0 saturated heterocycles. The number of hydrazone groups is 1. The molecule has 2 aromatic rings. The smallest absolute Gasteiger partial charge is 0.275 e. The van der Waals surface area contributed by atoms with Crippen LogP contribution in [0.2, 0.25) is 5.02 Å². The summed E-state index contributed by atoms with van der Waals surface area (Å²) in [5.41, 5.74) is 6.47. The summed E-state index contributed by atoms with van der Waals surface area (Å²) in [5, 5.41) is 14.7. The fraction of sp³-hybridized carbons (Fsp3) is 0.273. The number of benzene rings is 2. The first kappa shape index (κ1) is 22.8. The van der Waals surface area contributed by atoms with Gasteiger partial charge in [0.1, 0.15) is 5.75 Å². The molecule has 5 nitrogen and oxygen atoms in total. The van der Waals surface area contributed by atoms with E-state index in [4.69, 9.17) is 11.6 Å². The van der Waals surface area contributed by atoms with Gasteiger partial charge in [-0.05, 0) is 73.5 Å². The zero-order valence-corrected chi connectivity index (χ0v) is 21.0. The number of anilines is 1.